The van der Waals surface area contributed by atoms with Crippen LogP contribution in [0.4, 0.5) is 5.69 Å². The molecule has 0 heterocycles. The van der Waals surface area contributed by atoms with Crippen LogP contribution in [0, 0.1) is 10.1 Å². The Morgan fingerprint density at radius 3 is 2.67 bits per heavy atom. The van der Waals surface area contributed by atoms with Gasteiger partial charge in [0.2, 0.25) is 0 Å². The Bertz CT molecular complexity index is 481. The molecule has 98 valence electrons. The molecule has 7 heteroatoms. The molecule has 1 rings (SSSR count). The molecule has 0 aliphatic heterocycles. The van der Waals surface area contributed by atoms with Gasteiger partial charge >= 0.3 is 0 Å². The van der Waals surface area contributed by atoms with Crippen molar-refractivity contribution in [3.63, 3.8) is 0 Å². The van der Waals surface area contributed by atoms with Crippen LogP contribution in [0.3, 0.4) is 0 Å². The van der Waals surface area contributed by atoms with Crippen LogP contribution in [-0.4, -0.2) is 34.7 Å². The van der Waals surface area contributed by atoms with Crippen molar-refractivity contribution in [3.05, 3.63) is 38.3 Å². The molecule has 0 saturated carbocycles. The second-order valence-electron chi connectivity index (χ2n) is 3.87. The lowest BCUT2D eigenvalue weighted by Gasteiger charge is -2.23. The summed E-state index contributed by atoms with van der Waals surface area (Å²) in [7, 11) is 1.61. The maximum absolute atomic E-state index is 12.1. The first-order valence-electron chi connectivity index (χ1n) is 5.15. The molecule has 1 unspecified atom stereocenters. The van der Waals surface area contributed by atoms with E-state index < -0.39 is 4.92 Å². The molecule has 0 saturated heterocycles. The normalized spacial score (nSPS) is 12.0. The van der Waals surface area contributed by atoms with Gasteiger partial charge in [0.1, 0.15) is 0 Å². The Hall–Kier alpha value is -1.14. The lowest BCUT2D eigenvalue weighted by atomic mass is 10.1. The third kappa shape index (κ3) is 3.43. The van der Waals surface area contributed by atoms with Gasteiger partial charge in [0.05, 0.1) is 4.92 Å². The molecule has 5 nitrogen and oxygen atoms in total. The topological polar surface area (TPSA) is 63.5 Å². The summed E-state index contributed by atoms with van der Waals surface area (Å²) < 4.78 is 0.493. The van der Waals surface area contributed by atoms with Crippen molar-refractivity contribution in [2.45, 2.75) is 13.0 Å². The van der Waals surface area contributed by atoms with E-state index in [0.29, 0.717) is 10.4 Å². The molecule has 0 aromatic heterocycles. The smallest absolute Gasteiger partial charge is 0.271 e. The van der Waals surface area contributed by atoms with E-state index in [1.807, 2.05) is 0 Å². The predicted molar refractivity (Wildman–Crippen MR) is 73.1 cm³/mol. The van der Waals surface area contributed by atoms with Crippen molar-refractivity contribution in [1.82, 2.24) is 4.90 Å². The van der Waals surface area contributed by atoms with Gasteiger partial charge in [0.15, 0.2) is 0 Å². The van der Waals surface area contributed by atoms with Crippen molar-refractivity contribution in [2.75, 3.05) is 12.9 Å². The molecule has 1 aromatic carbocycles. The number of non-ortho nitro benzene ring substituents is 1. The number of carbonyl (C=O) groups excluding carboxylic acids is 1. The monoisotopic (exact) mass is 334 g/mol. The summed E-state index contributed by atoms with van der Waals surface area (Å²) in [6, 6.07) is 4.01. The first kappa shape index (κ1) is 14.9. The highest BCUT2D eigenvalue weighted by molar-refractivity contribution is 9.10. The van der Waals surface area contributed by atoms with Gasteiger partial charge in [0, 0.05) is 41.1 Å². The number of nitro benzene ring substituents is 1. The second kappa shape index (κ2) is 6.15. The van der Waals surface area contributed by atoms with Gasteiger partial charge in [-0.1, -0.05) is 15.9 Å². The summed E-state index contributed by atoms with van der Waals surface area (Å²) in [4.78, 5) is 23.7. The van der Waals surface area contributed by atoms with Crippen molar-refractivity contribution in [1.29, 1.82) is 0 Å². The molecule has 0 fully saturated rings. The van der Waals surface area contributed by atoms with E-state index in [2.05, 4.69) is 15.9 Å². The van der Waals surface area contributed by atoms with Crippen molar-refractivity contribution in [2.24, 2.45) is 0 Å². The highest BCUT2D eigenvalue weighted by Gasteiger charge is 2.19. The third-order valence-corrected chi connectivity index (χ3v) is 3.45. The molecule has 1 atom stereocenters. The van der Waals surface area contributed by atoms with Crippen LogP contribution in [0.1, 0.15) is 17.3 Å². The van der Waals surface area contributed by atoms with Crippen LogP contribution in [0.5, 0.6) is 0 Å². The Kier molecular flexibility index (Phi) is 5.10. The number of nitro groups is 1. The van der Waals surface area contributed by atoms with Gasteiger partial charge in [0.25, 0.3) is 11.6 Å². The predicted octanol–water partition coefficient (Wildman–Crippen LogP) is 3.06. The number of nitrogens with zero attached hydrogens (tertiary/aromatic N) is 2. The fourth-order valence-electron chi connectivity index (χ4n) is 1.31. The Balaban J connectivity index is 3.09. The van der Waals surface area contributed by atoms with Crippen molar-refractivity contribution < 1.29 is 9.72 Å². The Morgan fingerprint density at radius 2 is 2.17 bits per heavy atom. The third-order valence-electron chi connectivity index (χ3n) is 2.55. The van der Waals surface area contributed by atoms with Crippen LogP contribution in [0.2, 0.25) is 0 Å². The summed E-state index contributed by atoms with van der Waals surface area (Å²) in [6.45, 7) is 1.80. The standard InChI is InChI=1S/C11H12BrClN2O3/c1-7(6-13)14(2)11(16)8-3-9(12)5-10(4-8)15(17)18/h3-5,7H,6H2,1-2H3. The largest absolute Gasteiger partial charge is 0.338 e. The van der Waals surface area contributed by atoms with E-state index in [9.17, 15) is 14.9 Å². The average Bonchev–Trinajstić information content (AvgIpc) is 2.35. The van der Waals surface area contributed by atoms with Crippen LogP contribution >= 0.6 is 27.5 Å². The van der Waals surface area contributed by atoms with E-state index in [0.717, 1.165) is 0 Å². The minimum Gasteiger partial charge on any atom is -0.338 e. The zero-order chi connectivity index (χ0) is 13.9. The first-order valence-corrected chi connectivity index (χ1v) is 6.47. The molecule has 0 spiro atoms. The minimum atomic E-state index is -0.535. The van der Waals surface area contributed by atoms with Crippen molar-refractivity contribution >= 4 is 39.1 Å². The second-order valence-corrected chi connectivity index (χ2v) is 5.10. The summed E-state index contributed by atoms with van der Waals surface area (Å²) in [5, 5.41) is 10.7. The average molecular weight is 336 g/mol. The van der Waals surface area contributed by atoms with Crippen LogP contribution in [-0.2, 0) is 0 Å². The highest BCUT2D eigenvalue weighted by atomic mass is 79.9. The molecule has 0 N–H and O–H groups in total. The number of hydrogen-bond donors (Lipinski definition) is 0. The number of rotatable bonds is 4. The fraction of sp³-hybridized carbons (Fsp3) is 0.364. The molecular weight excluding hydrogens is 323 g/mol. The summed E-state index contributed by atoms with van der Waals surface area (Å²) in [5.74, 6) is 0.00534. The van der Waals surface area contributed by atoms with Gasteiger partial charge in [-0.15, -0.1) is 11.6 Å². The summed E-state index contributed by atoms with van der Waals surface area (Å²) >= 11 is 8.83. The number of benzene rings is 1. The number of hydrogen-bond acceptors (Lipinski definition) is 3. The maximum Gasteiger partial charge on any atom is 0.271 e. The SMILES string of the molecule is CC(CCl)N(C)C(=O)c1cc(Br)cc([N+](=O)[O-])c1. The van der Waals surface area contributed by atoms with Gasteiger partial charge in [-0.05, 0) is 13.0 Å². The van der Waals surface area contributed by atoms with E-state index >= 15 is 0 Å². The molecule has 0 radical (unpaired) electrons. The molecular formula is C11H12BrClN2O3. The molecule has 18 heavy (non-hydrogen) atoms. The van der Waals surface area contributed by atoms with E-state index in [-0.39, 0.29) is 23.2 Å². The van der Waals surface area contributed by atoms with Crippen LogP contribution < -0.4 is 0 Å². The highest BCUT2D eigenvalue weighted by Crippen LogP contribution is 2.22. The fourth-order valence-corrected chi connectivity index (χ4v) is 2.00. The van der Waals surface area contributed by atoms with Crippen molar-refractivity contribution in [3.8, 4) is 0 Å². The first-order chi connectivity index (χ1) is 8.36. The molecule has 1 aromatic rings. The minimum absolute atomic E-state index is 0.125. The summed E-state index contributed by atoms with van der Waals surface area (Å²) in [6.07, 6.45) is 0. The number of carbonyl (C=O) groups is 1. The van der Waals surface area contributed by atoms with E-state index in [1.54, 1.807) is 20.0 Å². The van der Waals surface area contributed by atoms with Gasteiger partial charge in [-0.25, -0.2) is 0 Å². The zero-order valence-corrected chi connectivity index (χ0v) is 12.2. The molecule has 1 amide bonds. The quantitative estimate of drug-likeness (QED) is 0.482. The summed E-state index contributed by atoms with van der Waals surface area (Å²) in [5.41, 5.74) is 0.134. The Morgan fingerprint density at radius 1 is 1.56 bits per heavy atom. The zero-order valence-electron chi connectivity index (χ0n) is 9.89. The molecule has 0 aliphatic rings. The Labute approximate surface area is 118 Å². The number of alkyl halides is 1. The number of halogens is 2. The van der Waals surface area contributed by atoms with Crippen LogP contribution in [0.15, 0.2) is 22.7 Å². The van der Waals surface area contributed by atoms with E-state index in [1.165, 1.54) is 17.0 Å². The van der Waals surface area contributed by atoms with Gasteiger partial charge in [-0.2, -0.15) is 0 Å². The molecule has 0 bridgehead atoms. The lowest BCUT2D eigenvalue weighted by molar-refractivity contribution is -0.385. The lowest BCUT2D eigenvalue weighted by Crippen LogP contribution is -2.36. The maximum atomic E-state index is 12.1. The number of amides is 1. The van der Waals surface area contributed by atoms with Gasteiger partial charge in [-0.3, -0.25) is 14.9 Å². The van der Waals surface area contributed by atoms with Crippen LogP contribution in [0.25, 0.3) is 0 Å². The molecule has 0 aliphatic carbocycles. The van der Waals surface area contributed by atoms with E-state index in [4.69, 9.17) is 11.6 Å². The van der Waals surface area contributed by atoms with Gasteiger partial charge < -0.3 is 4.90 Å².